The Morgan fingerprint density at radius 3 is 2.00 bits per heavy atom. The molecule has 0 spiro atoms. The van der Waals surface area contributed by atoms with Crippen molar-refractivity contribution in [1.29, 1.82) is 0 Å². The van der Waals surface area contributed by atoms with E-state index < -0.39 is 40.7 Å². The summed E-state index contributed by atoms with van der Waals surface area (Å²) in [5, 5.41) is 0. The van der Waals surface area contributed by atoms with Gasteiger partial charge in [-0.25, -0.2) is 17.6 Å². The molecule has 1 aliphatic carbocycles. The fraction of sp³-hybridized carbons (Fsp3) is 0.520. The molecule has 32 heavy (non-hydrogen) atoms. The summed E-state index contributed by atoms with van der Waals surface area (Å²) in [6, 6.07) is 3.95. The third-order valence-electron chi connectivity index (χ3n) is 6.32. The molecule has 1 fully saturated rings. The van der Waals surface area contributed by atoms with Gasteiger partial charge in [0.15, 0.2) is 17.5 Å². The lowest BCUT2D eigenvalue weighted by Gasteiger charge is -2.28. The molecule has 1 aliphatic rings. The zero-order chi connectivity index (χ0) is 23.3. The van der Waals surface area contributed by atoms with Crippen molar-refractivity contribution in [3.8, 4) is 5.75 Å². The second kappa shape index (κ2) is 10.6. The molecule has 0 amide bonds. The molecule has 3 rings (SSSR count). The third-order valence-corrected chi connectivity index (χ3v) is 6.32. The molecule has 1 nitrogen and oxygen atoms in total. The number of benzene rings is 2. The number of alkyl halides is 2. The lowest BCUT2D eigenvalue weighted by Crippen LogP contribution is -2.24. The van der Waals surface area contributed by atoms with E-state index in [4.69, 9.17) is 0 Å². The van der Waals surface area contributed by atoms with Crippen LogP contribution in [0.2, 0.25) is 0 Å². The van der Waals surface area contributed by atoms with Gasteiger partial charge in [0.2, 0.25) is 0 Å². The van der Waals surface area contributed by atoms with Crippen molar-refractivity contribution in [2.24, 2.45) is 11.8 Å². The molecule has 0 heterocycles. The SMILES string of the molecule is CCCCC1CCC(CCc2ccc(C(F)(F)Oc3cc(F)c(F)c(F)c3)c(F)c2)CC1. The highest BCUT2D eigenvalue weighted by atomic mass is 19.3. The summed E-state index contributed by atoms with van der Waals surface area (Å²) in [4.78, 5) is 0. The summed E-state index contributed by atoms with van der Waals surface area (Å²) < 4.78 is 87.0. The van der Waals surface area contributed by atoms with Crippen LogP contribution in [0.1, 0.15) is 69.4 Å². The van der Waals surface area contributed by atoms with Crippen LogP contribution in [0.25, 0.3) is 0 Å². The predicted molar refractivity (Wildman–Crippen MR) is 111 cm³/mol. The fourth-order valence-electron chi connectivity index (χ4n) is 4.42. The molecular formula is C25H28F6O. The van der Waals surface area contributed by atoms with Crippen LogP contribution in [0, 0.1) is 35.1 Å². The Hall–Kier alpha value is -2.18. The van der Waals surface area contributed by atoms with Crippen molar-refractivity contribution in [2.45, 2.75) is 70.8 Å². The monoisotopic (exact) mass is 458 g/mol. The molecule has 7 heteroatoms. The predicted octanol–water partition coefficient (Wildman–Crippen LogP) is 8.30. The summed E-state index contributed by atoms with van der Waals surface area (Å²) >= 11 is 0. The van der Waals surface area contributed by atoms with Gasteiger partial charge in [0.05, 0.1) is 5.56 Å². The number of hydrogen-bond donors (Lipinski definition) is 0. The first kappa shape index (κ1) is 24.5. The minimum atomic E-state index is -4.18. The van der Waals surface area contributed by atoms with Gasteiger partial charge in [-0.2, -0.15) is 8.78 Å². The minimum absolute atomic E-state index is 0.287. The highest BCUT2D eigenvalue weighted by molar-refractivity contribution is 5.30. The molecule has 176 valence electrons. The molecular weight excluding hydrogens is 430 g/mol. The number of halogens is 6. The van der Waals surface area contributed by atoms with Crippen LogP contribution in [0.5, 0.6) is 5.75 Å². The molecule has 0 unspecified atom stereocenters. The van der Waals surface area contributed by atoms with E-state index in [0.29, 0.717) is 17.9 Å². The van der Waals surface area contributed by atoms with E-state index in [-0.39, 0.29) is 12.1 Å². The Labute approximate surface area is 184 Å². The third kappa shape index (κ3) is 6.20. The van der Waals surface area contributed by atoms with Crippen LogP contribution in [0.4, 0.5) is 26.3 Å². The van der Waals surface area contributed by atoms with Gasteiger partial charge in [-0.1, -0.05) is 57.9 Å². The quantitative estimate of drug-likeness (QED) is 0.271. The molecule has 2 aromatic rings. The zero-order valence-electron chi connectivity index (χ0n) is 18.1. The van der Waals surface area contributed by atoms with Crippen molar-refractivity contribution in [2.75, 3.05) is 0 Å². The maximum atomic E-state index is 14.4. The van der Waals surface area contributed by atoms with E-state index >= 15 is 0 Å². The van der Waals surface area contributed by atoms with Gasteiger partial charge >= 0.3 is 6.11 Å². The van der Waals surface area contributed by atoms with Crippen molar-refractivity contribution in [1.82, 2.24) is 0 Å². The van der Waals surface area contributed by atoms with Crippen LogP contribution >= 0.6 is 0 Å². The van der Waals surface area contributed by atoms with Crippen molar-refractivity contribution >= 4 is 0 Å². The van der Waals surface area contributed by atoms with Gasteiger partial charge in [-0.3, -0.25) is 0 Å². The second-order valence-corrected chi connectivity index (χ2v) is 8.70. The average Bonchev–Trinajstić information content (AvgIpc) is 2.74. The first-order valence-electron chi connectivity index (χ1n) is 11.2. The Kier molecular flexibility index (Phi) is 8.12. The van der Waals surface area contributed by atoms with Crippen molar-refractivity contribution in [3.63, 3.8) is 0 Å². The standard InChI is InChI=1S/C25H28F6O/c1-2-3-4-16-5-7-17(8-6-16)9-10-18-11-12-20(21(26)13-18)25(30,31)32-19-14-22(27)24(29)23(28)15-19/h11-17H,2-10H2,1H3. The van der Waals surface area contributed by atoms with Crippen LogP contribution in [0.15, 0.2) is 30.3 Å². The van der Waals surface area contributed by atoms with Gasteiger partial charge in [-0.05, 0) is 42.4 Å². The Morgan fingerprint density at radius 1 is 0.844 bits per heavy atom. The second-order valence-electron chi connectivity index (χ2n) is 8.70. The van der Waals surface area contributed by atoms with Crippen LogP contribution in [-0.4, -0.2) is 0 Å². The summed E-state index contributed by atoms with van der Waals surface area (Å²) in [5.41, 5.74) is -0.447. The first-order valence-corrected chi connectivity index (χ1v) is 11.2. The van der Waals surface area contributed by atoms with Gasteiger partial charge < -0.3 is 4.74 Å². The average molecular weight is 458 g/mol. The van der Waals surface area contributed by atoms with E-state index in [1.807, 2.05) is 0 Å². The molecule has 0 aromatic heterocycles. The first-order chi connectivity index (χ1) is 15.2. The molecule has 0 atom stereocenters. The van der Waals surface area contributed by atoms with Crippen molar-refractivity contribution < 1.29 is 31.1 Å². The Bertz CT molecular complexity index is 882. The molecule has 0 aliphatic heterocycles. The zero-order valence-corrected chi connectivity index (χ0v) is 18.1. The van der Waals surface area contributed by atoms with E-state index in [0.717, 1.165) is 37.3 Å². The lowest BCUT2D eigenvalue weighted by atomic mass is 9.78. The maximum Gasteiger partial charge on any atom is 0.429 e. The number of unbranched alkanes of at least 4 members (excludes halogenated alkanes) is 1. The number of rotatable bonds is 9. The van der Waals surface area contributed by atoms with E-state index in [1.54, 1.807) is 0 Å². The molecule has 0 bridgehead atoms. The minimum Gasteiger partial charge on any atom is -0.429 e. The van der Waals surface area contributed by atoms with E-state index in [2.05, 4.69) is 11.7 Å². The summed E-state index contributed by atoms with van der Waals surface area (Å²) in [7, 11) is 0. The summed E-state index contributed by atoms with van der Waals surface area (Å²) in [5.74, 6) is -5.90. The molecule has 2 aromatic carbocycles. The summed E-state index contributed by atoms with van der Waals surface area (Å²) in [6.07, 6.45) is 5.75. The van der Waals surface area contributed by atoms with E-state index in [9.17, 15) is 26.3 Å². The van der Waals surface area contributed by atoms with Crippen LogP contribution in [-0.2, 0) is 12.5 Å². The molecule has 0 radical (unpaired) electrons. The largest absolute Gasteiger partial charge is 0.429 e. The Balaban J connectivity index is 1.58. The Morgan fingerprint density at radius 2 is 1.44 bits per heavy atom. The molecule has 1 saturated carbocycles. The highest BCUT2D eigenvalue weighted by Gasteiger charge is 2.38. The normalized spacial score (nSPS) is 19.2. The summed E-state index contributed by atoms with van der Waals surface area (Å²) in [6.45, 7) is 2.19. The molecule has 0 saturated heterocycles. The topological polar surface area (TPSA) is 9.23 Å². The van der Waals surface area contributed by atoms with Crippen LogP contribution < -0.4 is 4.74 Å². The van der Waals surface area contributed by atoms with Gasteiger partial charge in [0.1, 0.15) is 11.6 Å². The number of aryl methyl sites for hydroxylation is 1. The maximum absolute atomic E-state index is 14.4. The fourth-order valence-corrected chi connectivity index (χ4v) is 4.42. The van der Waals surface area contributed by atoms with Crippen LogP contribution in [0.3, 0.4) is 0 Å². The smallest absolute Gasteiger partial charge is 0.429 e. The van der Waals surface area contributed by atoms with E-state index in [1.165, 1.54) is 38.2 Å². The lowest BCUT2D eigenvalue weighted by molar-refractivity contribution is -0.187. The number of ether oxygens (including phenoxy) is 1. The van der Waals surface area contributed by atoms with Gasteiger partial charge in [0.25, 0.3) is 0 Å². The van der Waals surface area contributed by atoms with Crippen molar-refractivity contribution in [3.05, 3.63) is 64.7 Å². The van der Waals surface area contributed by atoms with Gasteiger partial charge in [-0.15, -0.1) is 0 Å². The number of hydrogen-bond acceptors (Lipinski definition) is 1. The molecule has 0 N–H and O–H groups in total. The highest BCUT2D eigenvalue weighted by Crippen LogP contribution is 2.36. The van der Waals surface area contributed by atoms with Gasteiger partial charge in [0, 0.05) is 12.1 Å².